The molecule has 1 fully saturated rings. The van der Waals surface area contributed by atoms with Gasteiger partial charge in [0.1, 0.15) is 5.75 Å². The van der Waals surface area contributed by atoms with E-state index in [0.29, 0.717) is 12.1 Å². The van der Waals surface area contributed by atoms with Crippen molar-refractivity contribution in [2.45, 2.75) is 18.3 Å². The number of nitrogens with zero attached hydrogens (tertiary/aromatic N) is 2. The summed E-state index contributed by atoms with van der Waals surface area (Å²) in [5.74, 6) is 0.824. The molecule has 28 heavy (non-hydrogen) atoms. The van der Waals surface area contributed by atoms with Gasteiger partial charge in [0.2, 0.25) is 0 Å². The van der Waals surface area contributed by atoms with Crippen LogP contribution < -0.4 is 4.74 Å². The number of carbonyl (C=O) groups is 1. The van der Waals surface area contributed by atoms with Gasteiger partial charge in [-0.2, -0.15) is 5.26 Å². The second-order valence-electron chi connectivity index (χ2n) is 7.37. The highest BCUT2D eigenvalue weighted by atomic mass is 16.5. The van der Waals surface area contributed by atoms with Crippen LogP contribution in [0.1, 0.15) is 28.8 Å². The number of hydrogen-bond acceptors (Lipinski definition) is 4. The number of methoxy groups -OCH3 is 1. The van der Waals surface area contributed by atoms with Crippen molar-refractivity contribution < 1.29 is 9.53 Å². The molecule has 142 valence electrons. The molecule has 5 nitrogen and oxygen atoms in total. The maximum atomic E-state index is 12.9. The number of rotatable bonds is 5. The Balaban J connectivity index is 1.47. The minimum atomic E-state index is -0.449. The second-order valence-corrected chi connectivity index (χ2v) is 7.37. The molecule has 1 N–H and O–H groups in total. The van der Waals surface area contributed by atoms with Gasteiger partial charge < -0.3 is 9.72 Å². The lowest BCUT2D eigenvalue weighted by molar-refractivity contribution is 0.0898. The van der Waals surface area contributed by atoms with Gasteiger partial charge in [-0.25, -0.2) is 0 Å². The zero-order valence-corrected chi connectivity index (χ0v) is 15.9. The summed E-state index contributed by atoms with van der Waals surface area (Å²) in [6, 6.07) is 18.2. The number of fused-ring (bicyclic) bond motifs is 1. The summed E-state index contributed by atoms with van der Waals surface area (Å²) in [5, 5.41) is 10.7. The monoisotopic (exact) mass is 373 g/mol. The summed E-state index contributed by atoms with van der Waals surface area (Å²) < 4.78 is 5.29. The van der Waals surface area contributed by atoms with Gasteiger partial charge in [-0.1, -0.05) is 30.3 Å². The van der Waals surface area contributed by atoms with E-state index >= 15 is 0 Å². The Labute approximate surface area is 164 Å². The largest absolute Gasteiger partial charge is 0.497 e. The first-order valence-electron chi connectivity index (χ1n) is 9.53. The van der Waals surface area contributed by atoms with Crippen molar-refractivity contribution >= 4 is 16.7 Å². The minimum Gasteiger partial charge on any atom is -0.497 e. The van der Waals surface area contributed by atoms with E-state index in [1.807, 2.05) is 48.5 Å². The van der Waals surface area contributed by atoms with Crippen LogP contribution in [0.5, 0.6) is 5.75 Å². The molecular weight excluding hydrogens is 350 g/mol. The third-order valence-electron chi connectivity index (χ3n) is 5.81. The number of nitrogens with one attached hydrogen (secondary N) is 1. The second kappa shape index (κ2) is 7.49. The number of piperidine rings is 1. The molecule has 3 aromatic rings. The highest BCUT2D eigenvalue weighted by Crippen LogP contribution is 2.35. The average molecular weight is 373 g/mol. The Morgan fingerprint density at radius 3 is 2.64 bits per heavy atom. The lowest BCUT2D eigenvalue weighted by Gasteiger charge is -2.37. The fourth-order valence-electron chi connectivity index (χ4n) is 4.06. The van der Waals surface area contributed by atoms with Crippen LogP contribution in [-0.2, 0) is 5.41 Å². The number of ether oxygens (including phenoxy) is 1. The van der Waals surface area contributed by atoms with Crippen molar-refractivity contribution in [2.75, 3.05) is 26.7 Å². The van der Waals surface area contributed by atoms with E-state index in [9.17, 15) is 10.1 Å². The number of aromatic amines is 1. The lowest BCUT2D eigenvalue weighted by Crippen LogP contribution is -2.43. The third kappa shape index (κ3) is 3.28. The van der Waals surface area contributed by atoms with Crippen LogP contribution in [0.15, 0.2) is 54.7 Å². The van der Waals surface area contributed by atoms with E-state index < -0.39 is 5.41 Å². The molecule has 0 amide bonds. The lowest BCUT2D eigenvalue weighted by atomic mass is 9.74. The molecule has 0 spiro atoms. The molecule has 2 aromatic carbocycles. The molecule has 0 radical (unpaired) electrons. The van der Waals surface area contributed by atoms with Crippen molar-refractivity contribution in [1.82, 2.24) is 9.88 Å². The molecule has 4 rings (SSSR count). The minimum absolute atomic E-state index is 0.0867. The van der Waals surface area contributed by atoms with E-state index in [0.717, 1.165) is 48.1 Å². The number of Topliss-reactive ketones (excluding diaryl/α,β-unsaturated/α-hetero) is 1. The quantitative estimate of drug-likeness (QED) is 0.688. The van der Waals surface area contributed by atoms with Crippen LogP contribution in [0.2, 0.25) is 0 Å². The third-order valence-corrected chi connectivity index (χ3v) is 5.81. The number of hydrogen-bond donors (Lipinski definition) is 1. The molecule has 0 bridgehead atoms. The van der Waals surface area contributed by atoms with Crippen LogP contribution in [0.4, 0.5) is 0 Å². The smallest absolute Gasteiger partial charge is 0.178 e. The van der Waals surface area contributed by atoms with Crippen LogP contribution >= 0.6 is 0 Å². The van der Waals surface area contributed by atoms with Gasteiger partial charge in [-0.15, -0.1) is 0 Å². The fraction of sp³-hybridized carbons (Fsp3) is 0.304. The number of H-pyrrole nitrogens is 1. The van der Waals surface area contributed by atoms with Crippen molar-refractivity contribution in [2.24, 2.45) is 0 Å². The first-order chi connectivity index (χ1) is 13.6. The number of carbonyl (C=O) groups excluding carboxylic acids is 1. The number of likely N-dealkylation sites (tertiary alicyclic amines) is 1. The molecule has 2 heterocycles. The van der Waals surface area contributed by atoms with Crippen molar-refractivity contribution in [3.8, 4) is 11.8 Å². The number of nitriles is 1. The van der Waals surface area contributed by atoms with Gasteiger partial charge in [0.05, 0.1) is 25.1 Å². The van der Waals surface area contributed by atoms with Crippen molar-refractivity contribution in [3.63, 3.8) is 0 Å². The van der Waals surface area contributed by atoms with Crippen molar-refractivity contribution in [1.29, 1.82) is 5.26 Å². The molecule has 0 aliphatic carbocycles. The summed E-state index contributed by atoms with van der Waals surface area (Å²) >= 11 is 0. The Kier molecular flexibility index (Phi) is 4.89. The first-order valence-corrected chi connectivity index (χ1v) is 9.53. The zero-order valence-electron chi connectivity index (χ0n) is 15.9. The average Bonchev–Trinajstić information content (AvgIpc) is 3.18. The molecule has 1 aliphatic rings. The molecule has 1 aromatic heterocycles. The number of ketones is 1. The van der Waals surface area contributed by atoms with Gasteiger partial charge in [0.25, 0.3) is 0 Å². The van der Waals surface area contributed by atoms with Crippen LogP contribution in [0, 0.1) is 11.3 Å². The van der Waals surface area contributed by atoms with Gasteiger partial charge in [0.15, 0.2) is 5.78 Å². The number of aromatic nitrogens is 1. The summed E-state index contributed by atoms with van der Waals surface area (Å²) in [7, 11) is 1.62. The molecule has 0 unspecified atom stereocenters. The molecule has 0 atom stereocenters. The molecular formula is C23H23N3O2. The summed E-state index contributed by atoms with van der Waals surface area (Å²) in [6.45, 7) is 1.83. The highest BCUT2D eigenvalue weighted by molar-refractivity contribution is 6.09. The molecule has 5 heteroatoms. The van der Waals surface area contributed by atoms with E-state index in [-0.39, 0.29) is 5.78 Å². The van der Waals surface area contributed by atoms with Crippen LogP contribution in [-0.4, -0.2) is 42.4 Å². The topological polar surface area (TPSA) is 69.1 Å². The Morgan fingerprint density at radius 1 is 1.21 bits per heavy atom. The normalized spacial score (nSPS) is 16.6. The zero-order chi connectivity index (χ0) is 19.6. The predicted molar refractivity (Wildman–Crippen MR) is 109 cm³/mol. The van der Waals surface area contributed by atoms with E-state index in [1.165, 1.54) is 0 Å². The van der Waals surface area contributed by atoms with Gasteiger partial charge in [-0.3, -0.25) is 9.69 Å². The SMILES string of the molecule is COc1ccc2[nH]cc(C(=O)CN3CCC(C#N)(c4ccccc4)CC3)c2c1. The van der Waals surface area contributed by atoms with E-state index in [2.05, 4.69) is 16.0 Å². The van der Waals surface area contributed by atoms with E-state index in [1.54, 1.807) is 13.3 Å². The van der Waals surface area contributed by atoms with Gasteiger partial charge >= 0.3 is 0 Å². The van der Waals surface area contributed by atoms with Crippen molar-refractivity contribution in [3.05, 3.63) is 65.9 Å². The van der Waals surface area contributed by atoms with Gasteiger partial charge in [-0.05, 0) is 36.6 Å². The maximum Gasteiger partial charge on any atom is 0.178 e. The molecule has 0 saturated carbocycles. The standard InChI is InChI=1S/C23H23N3O2/c1-28-18-7-8-21-19(13-18)20(14-25-21)22(27)15-26-11-9-23(16-24,10-12-26)17-5-3-2-4-6-17/h2-8,13-14,25H,9-12,15H2,1H3. The van der Waals surface area contributed by atoms with E-state index in [4.69, 9.17) is 4.74 Å². The molecule has 1 aliphatic heterocycles. The Bertz CT molecular complexity index is 1020. The Hall–Kier alpha value is -3.10. The Morgan fingerprint density at radius 2 is 1.96 bits per heavy atom. The highest BCUT2D eigenvalue weighted by Gasteiger charge is 2.36. The first kappa shape index (κ1) is 18.3. The predicted octanol–water partition coefficient (Wildman–Crippen LogP) is 3.92. The van der Waals surface area contributed by atoms with Crippen LogP contribution in [0.25, 0.3) is 10.9 Å². The summed E-state index contributed by atoms with van der Waals surface area (Å²) in [6.07, 6.45) is 3.25. The number of benzene rings is 2. The molecule has 1 saturated heterocycles. The fourth-order valence-corrected chi connectivity index (χ4v) is 4.06. The maximum absolute atomic E-state index is 12.9. The van der Waals surface area contributed by atoms with Crippen LogP contribution in [0.3, 0.4) is 0 Å². The summed E-state index contributed by atoms with van der Waals surface area (Å²) in [5.41, 5.74) is 2.24. The summed E-state index contributed by atoms with van der Waals surface area (Å²) in [4.78, 5) is 18.2. The van der Waals surface area contributed by atoms with Gasteiger partial charge in [0, 0.05) is 35.8 Å².